The highest BCUT2D eigenvalue weighted by Gasteiger charge is 2.13. The van der Waals surface area contributed by atoms with Crippen LogP contribution in [-0.2, 0) is 0 Å². The molecule has 0 bridgehead atoms. The van der Waals surface area contributed by atoms with Gasteiger partial charge in [0.25, 0.3) is 0 Å². The minimum Gasteiger partial charge on any atom is -0.255 e. The van der Waals surface area contributed by atoms with Gasteiger partial charge in [0.05, 0.1) is 17.1 Å². The minimum atomic E-state index is 0.822. The van der Waals surface area contributed by atoms with Crippen molar-refractivity contribution in [3.63, 3.8) is 0 Å². The van der Waals surface area contributed by atoms with Crippen molar-refractivity contribution in [1.29, 1.82) is 0 Å². The molecule has 0 unspecified atom stereocenters. The van der Waals surface area contributed by atoms with Gasteiger partial charge in [0.1, 0.15) is 0 Å². The molecule has 0 atom stereocenters. The molecular weight excluding hydrogens is 749 g/mol. The number of aromatic nitrogens is 2. The summed E-state index contributed by atoms with van der Waals surface area (Å²) in [7, 11) is 0. The normalized spacial score (nSPS) is 11.2. The first-order valence-corrected chi connectivity index (χ1v) is 21.0. The molecule has 0 N–H and O–H groups in total. The zero-order chi connectivity index (χ0) is 41.5. The molecule has 0 fully saturated rings. The second kappa shape index (κ2) is 17.6. The third kappa shape index (κ3) is 8.45. The summed E-state index contributed by atoms with van der Waals surface area (Å²) in [5, 5.41) is 0. The van der Waals surface area contributed by atoms with Crippen molar-refractivity contribution in [1.82, 2.24) is 9.97 Å². The zero-order valence-corrected chi connectivity index (χ0v) is 34.1. The summed E-state index contributed by atoms with van der Waals surface area (Å²) in [6, 6.07) is 84.1. The lowest BCUT2D eigenvalue weighted by Crippen LogP contribution is -1.93. The van der Waals surface area contributed by atoms with E-state index in [4.69, 9.17) is 9.97 Å². The van der Waals surface area contributed by atoms with Crippen LogP contribution in [0.2, 0.25) is 0 Å². The molecule has 10 rings (SSSR count). The van der Waals surface area contributed by atoms with Gasteiger partial charge in [0.2, 0.25) is 0 Å². The van der Waals surface area contributed by atoms with Gasteiger partial charge in [-0.15, -0.1) is 0 Å². The summed E-state index contributed by atoms with van der Waals surface area (Å²) in [5.74, 6) is 0. The molecule has 0 saturated carbocycles. The first-order chi connectivity index (χ1) is 30.7. The van der Waals surface area contributed by atoms with Gasteiger partial charge in [-0.05, 0) is 156 Å². The summed E-state index contributed by atoms with van der Waals surface area (Å²) < 4.78 is 0. The van der Waals surface area contributed by atoms with Crippen LogP contribution in [0.4, 0.5) is 0 Å². The fourth-order valence-corrected chi connectivity index (χ4v) is 8.17. The van der Waals surface area contributed by atoms with Crippen molar-refractivity contribution in [2.75, 3.05) is 0 Å². The van der Waals surface area contributed by atoms with Crippen LogP contribution in [0.3, 0.4) is 0 Å². The van der Waals surface area contributed by atoms with E-state index in [2.05, 4.69) is 231 Å². The molecule has 0 amide bonds. The van der Waals surface area contributed by atoms with E-state index < -0.39 is 0 Å². The number of nitrogens with zero attached hydrogens (tertiary/aromatic N) is 2. The van der Waals surface area contributed by atoms with E-state index in [9.17, 15) is 0 Å². The number of rotatable bonds is 10. The zero-order valence-electron chi connectivity index (χ0n) is 34.1. The topological polar surface area (TPSA) is 25.8 Å². The van der Waals surface area contributed by atoms with Gasteiger partial charge < -0.3 is 0 Å². The summed E-state index contributed by atoms with van der Waals surface area (Å²) in [5.41, 5.74) is 19.9. The van der Waals surface area contributed by atoms with Gasteiger partial charge in [-0.1, -0.05) is 176 Å². The SMILES string of the molecule is C(=Cc1ccccc1-c1cccc(-c2cc(-c3ccccc3)cc(-c3ccccc3)c2)c1)c1cc(-c2cc(-c3ccccc3)cc(-c3ccccc3)c2)cc(-c2ccccn2)n1. The van der Waals surface area contributed by atoms with Crippen LogP contribution in [0.15, 0.2) is 243 Å². The van der Waals surface area contributed by atoms with Crippen molar-refractivity contribution in [2.24, 2.45) is 0 Å². The second-order valence-corrected chi connectivity index (χ2v) is 15.4. The molecule has 0 aliphatic rings. The van der Waals surface area contributed by atoms with Gasteiger partial charge in [0.15, 0.2) is 0 Å². The fourth-order valence-electron chi connectivity index (χ4n) is 8.17. The van der Waals surface area contributed by atoms with Crippen LogP contribution in [0.1, 0.15) is 11.3 Å². The molecular formula is C60H42N2. The standard InChI is InChI=1S/C60H42N2/c1-5-18-43(19-6-1)50-35-51(44-20-7-2-8-21-44)38-54(37-50)48-27-17-28-49(34-48)58-29-14-13-26-47(58)31-32-57-41-56(42-60(62-57)59-30-15-16-33-61-59)55-39-52(45-22-9-3-10-23-45)36-53(40-55)46-24-11-4-12-25-46/h1-42H. The Bertz CT molecular complexity index is 3020. The third-order valence-electron chi connectivity index (χ3n) is 11.3. The van der Waals surface area contributed by atoms with Crippen molar-refractivity contribution >= 4 is 12.2 Å². The van der Waals surface area contributed by atoms with Gasteiger partial charge in [-0.2, -0.15) is 0 Å². The van der Waals surface area contributed by atoms with Gasteiger partial charge >= 0.3 is 0 Å². The van der Waals surface area contributed by atoms with Gasteiger partial charge in [-0.25, -0.2) is 4.98 Å². The Kier molecular flexibility index (Phi) is 10.8. The van der Waals surface area contributed by atoms with Crippen molar-refractivity contribution in [3.05, 3.63) is 254 Å². The van der Waals surface area contributed by atoms with E-state index in [1.54, 1.807) is 0 Å². The quantitative estimate of drug-likeness (QED) is 0.138. The summed E-state index contributed by atoms with van der Waals surface area (Å²) in [6.07, 6.45) is 6.15. The van der Waals surface area contributed by atoms with Crippen molar-refractivity contribution in [2.45, 2.75) is 0 Å². The van der Waals surface area contributed by atoms with E-state index >= 15 is 0 Å². The molecule has 0 radical (unpaired) electrons. The molecule has 2 nitrogen and oxygen atoms in total. The second-order valence-electron chi connectivity index (χ2n) is 15.4. The highest BCUT2D eigenvalue weighted by atomic mass is 14.8. The number of hydrogen-bond donors (Lipinski definition) is 0. The molecule has 10 aromatic rings. The molecule has 62 heavy (non-hydrogen) atoms. The first-order valence-electron chi connectivity index (χ1n) is 21.0. The predicted molar refractivity (Wildman–Crippen MR) is 261 cm³/mol. The highest BCUT2D eigenvalue weighted by Crippen LogP contribution is 2.37. The van der Waals surface area contributed by atoms with Crippen LogP contribution >= 0.6 is 0 Å². The predicted octanol–water partition coefficient (Wildman–Crippen LogP) is 16.0. The number of hydrogen-bond acceptors (Lipinski definition) is 2. The summed E-state index contributed by atoms with van der Waals surface area (Å²) in [4.78, 5) is 9.90. The number of benzene rings is 8. The van der Waals surface area contributed by atoms with Crippen LogP contribution in [0, 0.1) is 0 Å². The van der Waals surface area contributed by atoms with Crippen LogP contribution in [-0.4, -0.2) is 9.97 Å². The Morgan fingerprint density at radius 1 is 0.258 bits per heavy atom. The highest BCUT2D eigenvalue weighted by molar-refractivity contribution is 5.87. The van der Waals surface area contributed by atoms with E-state index in [1.807, 2.05) is 24.4 Å². The molecule has 0 aliphatic carbocycles. The molecule has 2 heterocycles. The van der Waals surface area contributed by atoms with Crippen LogP contribution in [0.25, 0.3) is 101 Å². The van der Waals surface area contributed by atoms with E-state index in [-0.39, 0.29) is 0 Å². The molecule has 2 aromatic heterocycles. The van der Waals surface area contributed by atoms with E-state index in [0.717, 1.165) is 56.0 Å². The maximum Gasteiger partial charge on any atom is 0.0899 e. The molecule has 0 saturated heterocycles. The fraction of sp³-hybridized carbons (Fsp3) is 0. The Morgan fingerprint density at radius 3 is 1.18 bits per heavy atom. The Hall–Kier alpha value is -8.20. The maximum absolute atomic E-state index is 5.18. The van der Waals surface area contributed by atoms with Crippen molar-refractivity contribution in [3.8, 4) is 89.3 Å². The first kappa shape index (κ1) is 38.0. The van der Waals surface area contributed by atoms with E-state index in [1.165, 1.54) is 44.5 Å². The van der Waals surface area contributed by atoms with E-state index in [0.29, 0.717) is 0 Å². The summed E-state index contributed by atoms with van der Waals surface area (Å²) >= 11 is 0. The van der Waals surface area contributed by atoms with Crippen LogP contribution in [0.5, 0.6) is 0 Å². The molecule has 292 valence electrons. The average Bonchev–Trinajstić information content (AvgIpc) is 3.37. The Labute approximate surface area is 363 Å². The molecule has 0 spiro atoms. The third-order valence-corrected chi connectivity index (χ3v) is 11.3. The minimum absolute atomic E-state index is 0.822. The lowest BCUT2D eigenvalue weighted by molar-refractivity contribution is 1.23. The lowest BCUT2D eigenvalue weighted by atomic mass is 9.91. The Morgan fingerprint density at radius 2 is 0.661 bits per heavy atom. The average molecular weight is 791 g/mol. The van der Waals surface area contributed by atoms with Crippen LogP contribution < -0.4 is 0 Å². The smallest absolute Gasteiger partial charge is 0.0899 e. The van der Waals surface area contributed by atoms with Gasteiger partial charge in [0, 0.05) is 6.20 Å². The maximum atomic E-state index is 5.18. The molecule has 8 aromatic carbocycles. The monoisotopic (exact) mass is 790 g/mol. The molecule has 2 heteroatoms. The van der Waals surface area contributed by atoms with Crippen molar-refractivity contribution < 1.29 is 0 Å². The largest absolute Gasteiger partial charge is 0.255 e. The molecule has 0 aliphatic heterocycles. The Balaban J connectivity index is 1.05. The van der Waals surface area contributed by atoms with Gasteiger partial charge in [-0.3, -0.25) is 4.98 Å². The summed E-state index contributed by atoms with van der Waals surface area (Å²) in [6.45, 7) is 0. The number of pyridine rings is 2. The lowest BCUT2D eigenvalue weighted by Gasteiger charge is -2.13.